The van der Waals surface area contributed by atoms with Crippen molar-refractivity contribution in [3.8, 4) is 5.75 Å². The summed E-state index contributed by atoms with van der Waals surface area (Å²) in [6.07, 6.45) is 2.08. The van der Waals surface area contributed by atoms with Crippen LogP contribution in [0, 0.1) is 6.92 Å². The van der Waals surface area contributed by atoms with Gasteiger partial charge in [0.1, 0.15) is 5.75 Å². The minimum Gasteiger partial charge on any atom is -0.493 e. The molecule has 136 valence electrons. The van der Waals surface area contributed by atoms with Crippen molar-refractivity contribution in [1.82, 2.24) is 5.32 Å². The molecule has 0 heterocycles. The largest absolute Gasteiger partial charge is 0.493 e. The molecule has 0 aliphatic carbocycles. The molecule has 0 bridgehead atoms. The average Bonchev–Trinajstić information content (AvgIpc) is 2.52. The highest BCUT2D eigenvalue weighted by Crippen LogP contribution is 2.22. The number of ether oxygens (including phenoxy) is 2. The second-order valence-corrected chi connectivity index (χ2v) is 5.73. The van der Waals surface area contributed by atoms with Crippen molar-refractivity contribution < 1.29 is 29.3 Å². The molecule has 0 saturated carbocycles. The van der Waals surface area contributed by atoms with Gasteiger partial charge in [0.05, 0.1) is 6.61 Å². The molecule has 7 nitrogen and oxygen atoms in total. The number of benzene rings is 1. The zero-order chi connectivity index (χ0) is 18.4. The lowest BCUT2D eigenvalue weighted by atomic mass is 10.2. The maximum absolute atomic E-state index is 9.10. The van der Waals surface area contributed by atoms with E-state index in [1.165, 1.54) is 0 Å². The van der Waals surface area contributed by atoms with Gasteiger partial charge in [-0.05, 0) is 56.6 Å². The smallest absolute Gasteiger partial charge is 0.414 e. The van der Waals surface area contributed by atoms with Crippen LogP contribution in [0.15, 0.2) is 22.7 Å². The molecule has 8 heteroatoms. The van der Waals surface area contributed by atoms with E-state index in [1.807, 2.05) is 12.1 Å². The number of hydrogen-bond acceptors (Lipinski definition) is 5. The molecule has 0 spiro atoms. The van der Waals surface area contributed by atoms with Gasteiger partial charge < -0.3 is 25.0 Å². The predicted molar refractivity (Wildman–Crippen MR) is 93.6 cm³/mol. The van der Waals surface area contributed by atoms with Gasteiger partial charge in [-0.2, -0.15) is 0 Å². The van der Waals surface area contributed by atoms with Crippen LogP contribution >= 0.6 is 15.9 Å². The minimum absolute atomic E-state index is 0.750. The number of hydrogen-bond donors (Lipinski definition) is 3. The van der Waals surface area contributed by atoms with Gasteiger partial charge in [0.25, 0.3) is 0 Å². The SMILES string of the molecule is COCCCNCCCOc1ccc(Br)cc1C.O=C(O)C(=O)O. The Morgan fingerprint density at radius 1 is 1.12 bits per heavy atom. The fourth-order valence-electron chi connectivity index (χ4n) is 1.62. The molecule has 1 rings (SSSR count). The molecule has 0 radical (unpaired) electrons. The highest BCUT2D eigenvalue weighted by molar-refractivity contribution is 9.10. The van der Waals surface area contributed by atoms with E-state index in [0.717, 1.165) is 54.9 Å². The number of carboxylic acid groups (broad SMARTS) is 2. The lowest BCUT2D eigenvalue weighted by Crippen LogP contribution is -2.19. The van der Waals surface area contributed by atoms with Crippen LogP contribution in [0.3, 0.4) is 0 Å². The molecule has 0 atom stereocenters. The Labute approximate surface area is 150 Å². The summed E-state index contributed by atoms with van der Waals surface area (Å²) in [4.78, 5) is 18.2. The fraction of sp³-hybridized carbons (Fsp3) is 0.500. The summed E-state index contributed by atoms with van der Waals surface area (Å²) in [5, 5.41) is 18.1. The molecule has 1 aromatic carbocycles. The van der Waals surface area contributed by atoms with Crippen molar-refractivity contribution in [1.29, 1.82) is 0 Å². The van der Waals surface area contributed by atoms with Crippen molar-refractivity contribution in [2.45, 2.75) is 19.8 Å². The molecule has 24 heavy (non-hydrogen) atoms. The Bertz CT molecular complexity index is 497. The standard InChI is InChI=1S/C14H22BrNO2.C2H2O4/c1-12-11-13(15)5-6-14(12)18-10-4-8-16-7-3-9-17-2;3-1(4)2(5)6/h5-6,11,16H,3-4,7-10H2,1-2H3;(H,3,4)(H,5,6). The lowest BCUT2D eigenvalue weighted by molar-refractivity contribution is -0.159. The van der Waals surface area contributed by atoms with Crippen LogP contribution in [0.2, 0.25) is 0 Å². The third kappa shape index (κ3) is 11.9. The molecular formula is C16H24BrNO6. The first-order valence-corrected chi connectivity index (χ1v) is 8.22. The van der Waals surface area contributed by atoms with Crippen molar-refractivity contribution in [2.24, 2.45) is 0 Å². The molecule has 0 aromatic heterocycles. The lowest BCUT2D eigenvalue weighted by Gasteiger charge is -2.09. The van der Waals surface area contributed by atoms with Crippen molar-refractivity contribution in [2.75, 3.05) is 33.4 Å². The number of carboxylic acids is 2. The van der Waals surface area contributed by atoms with Crippen molar-refractivity contribution >= 4 is 27.9 Å². The Balaban J connectivity index is 0.000000754. The van der Waals surface area contributed by atoms with E-state index in [9.17, 15) is 0 Å². The normalized spacial score (nSPS) is 9.79. The number of aryl methyl sites for hydroxylation is 1. The second kappa shape index (κ2) is 13.8. The first kappa shape index (κ1) is 22.4. The van der Waals surface area contributed by atoms with Crippen LogP contribution in [-0.2, 0) is 14.3 Å². The molecule has 0 saturated heterocycles. The van der Waals surface area contributed by atoms with E-state index in [4.69, 9.17) is 29.3 Å². The Morgan fingerprint density at radius 2 is 1.71 bits per heavy atom. The summed E-state index contributed by atoms with van der Waals surface area (Å²) in [6.45, 7) is 5.62. The summed E-state index contributed by atoms with van der Waals surface area (Å²) in [7, 11) is 1.73. The Hall–Kier alpha value is -1.64. The molecule has 0 aliphatic heterocycles. The minimum atomic E-state index is -1.82. The summed E-state index contributed by atoms with van der Waals surface area (Å²) >= 11 is 3.44. The topological polar surface area (TPSA) is 105 Å². The van der Waals surface area contributed by atoms with Crippen LogP contribution in [0.1, 0.15) is 18.4 Å². The summed E-state index contributed by atoms with van der Waals surface area (Å²) in [5.74, 6) is -2.68. The number of nitrogens with one attached hydrogen (secondary N) is 1. The molecule has 0 fully saturated rings. The molecule has 0 aliphatic rings. The van der Waals surface area contributed by atoms with Gasteiger partial charge in [-0.15, -0.1) is 0 Å². The van der Waals surface area contributed by atoms with Crippen LogP contribution in [0.25, 0.3) is 0 Å². The molecule has 1 aromatic rings. The van der Waals surface area contributed by atoms with Crippen molar-refractivity contribution in [3.05, 3.63) is 28.2 Å². The van der Waals surface area contributed by atoms with Gasteiger partial charge in [-0.25, -0.2) is 9.59 Å². The highest BCUT2D eigenvalue weighted by atomic mass is 79.9. The van der Waals surface area contributed by atoms with Crippen LogP contribution < -0.4 is 10.1 Å². The summed E-state index contributed by atoms with van der Waals surface area (Å²) in [6, 6.07) is 6.08. The van der Waals surface area contributed by atoms with E-state index >= 15 is 0 Å². The predicted octanol–water partition coefficient (Wildman–Crippen LogP) is 2.31. The fourth-order valence-corrected chi connectivity index (χ4v) is 2.10. The van der Waals surface area contributed by atoms with Crippen LogP contribution in [0.4, 0.5) is 0 Å². The first-order chi connectivity index (χ1) is 11.4. The highest BCUT2D eigenvalue weighted by Gasteiger charge is 2.04. The van der Waals surface area contributed by atoms with E-state index in [1.54, 1.807) is 7.11 Å². The van der Waals surface area contributed by atoms with Crippen molar-refractivity contribution in [3.63, 3.8) is 0 Å². The molecule has 0 unspecified atom stereocenters. The van der Waals surface area contributed by atoms with Gasteiger partial charge in [0.15, 0.2) is 0 Å². The third-order valence-corrected chi connectivity index (χ3v) is 3.27. The molecule has 0 amide bonds. The zero-order valence-electron chi connectivity index (χ0n) is 13.9. The quantitative estimate of drug-likeness (QED) is 0.427. The van der Waals surface area contributed by atoms with Gasteiger partial charge in [0.2, 0.25) is 0 Å². The number of halogens is 1. The number of methoxy groups -OCH3 is 1. The van der Waals surface area contributed by atoms with E-state index < -0.39 is 11.9 Å². The number of rotatable bonds is 9. The monoisotopic (exact) mass is 405 g/mol. The van der Waals surface area contributed by atoms with Gasteiger partial charge in [0, 0.05) is 18.2 Å². The number of aliphatic carboxylic acids is 2. The van der Waals surface area contributed by atoms with E-state index in [2.05, 4.69) is 34.2 Å². The third-order valence-electron chi connectivity index (χ3n) is 2.78. The summed E-state index contributed by atoms with van der Waals surface area (Å²) in [5.41, 5.74) is 1.16. The van der Waals surface area contributed by atoms with Gasteiger partial charge in [-0.1, -0.05) is 15.9 Å². The Morgan fingerprint density at radius 3 is 2.21 bits per heavy atom. The number of carbonyl (C=O) groups is 2. The second-order valence-electron chi connectivity index (χ2n) is 4.82. The zero-order valence-corrected chi connectivity index (χ0v) is 15.5. The average molecular weight is 406 g/mol. The van der Waals surface area contributed by atoms with Crippen LogP contribution in [-0.4, -0.2) is 55.6 Å². The summed E-state index contributed by atoms with van der Waals surface area (Å²) < 4.78 is 11.8. The van der Waals surface area contributed by atoms with Gasteiger partial charge in [-0.3, -0.25) is 0 Å². The molecule has 3 N–H and O–H groups in total. The maximum Gasteiger partial charge on any atom is 0.414 e. The first-order valence-electron chi connectivity index (χ1n) is 7.43. The van der Waals surface area contributed by atoms with Crippen LogP contribution in [0.5, 0.6) is 5.75 Å². The van der Waals surface area contributed by atoms with Gasteiger partial charge >= 0.3 is 11.9 Å². The Kier molecular flexibility index (Phi) is 12.8. The molecular weight excluding hydrogens is 382 g/mol. The van der Waals surface area contributed by atoms with E-state index in [0.29, 0.717) is 0 Å². The maximum atomic E-state index is 9.10. The van der Waals surface area contributed by atoms with E-state index in [-0.39, 0.29) is 0 Å².